The van der Waals surface area contributed by atoms with Gasteiger partial charge in [0.2, 0.25) is 0 Å². The van der Waals surface area contributed by atoms with E-state index in [-0.39, 0.29) is 40.8 Å². The number of halogens is 2. The molecular weight excluding hydrogens is 445 g/mol. The summed E-state index contributed by atoms with van der Waals surface area (Å²) in [5, 5.41) is 11.7. The number of ether oxygens (including phenoxy) is 3. The topological polar surface area (TPSA) is 85.3 Å². The number of likely N-dealkylation sites (tertiary alicyclic amines) is 1. The van der Waals surface area contributed by atoms with Gasteiger partial charge >= 0.3 is 0 Å². The summed E-state index contributed by atoms with van der Waals surface area (Å²) in [6.45, 7) is 0.346. The third kappa shape index (κ3) is 4.35. The molecule has 1 aliphatic rings. The standard InChI is InChI=1S/C22H21Cl2NO6/c1-29-9-8-25-19(12-4-7-15(23)16(24)10-12)18(21(27)22(25)28)20(26)14-6-5-13(30-2)11-17(14)31-3/h4-7,10-11,19,26H,8-9H2,1-3H3/b20-18-. The Kier molecular flexibility index (Phi) is 7.10. The van der Waals surface area contributed by atoms with Gasteiger partial charge in [0.05, 0.1) is 48.1 Å². The van der Waals surface area contributed by atoms with Crippen molar-refractivity contribution in [2.45, 2.75) is 6.04 Å². The van der Waals surface area contributed by atoms with Gasteiger partial charge in [-0.25, -0.2) is 0 Å². The lowest BCUT2D eigenvalue weighted by atomic mass is 9.95. The summed E-state index contributed by atoms with van der Waals surface area (Å²) in [6, 6.07) is 8.67. The normalized spacial score (nSPS) is 17.8. The van der Waals surface area contributed by atoms with Crippen molar-refractivity contribution in [3.05, 3.63) is 63.1 Å². The van der Waals surface area contributed by atoms with E-state index in [1.165, 1.54) is 26.2 Å². The molecule has 1 aliphatic heterocycles. The number of carbonyl (C=O) groups is 2. The van der Waals surface area contributed by atoms with Crippen LogP contribution in [0.2, 0.25) is 10.0 Å². The fraction of sp³-hybridized carbons (Fsp3) is 0.273. The molecule has 1 fully saturated rings. The van der Waals surface area contributed by atoms with E-state index in [1.807, 2.05) is 0 Å². The predicted octanol–water partition coefficient (Wildman–Crippen LogP) is 4.08. The zero-order valence-electron chi connectivity index (χ0n) is 17.1. The van der Waals surface area contributed by atoms with Crippen LogP contribution in [-0.2, 0) is 14.3 Å². The Balaban J connectivity index is 2.22. The molecule has 1 unspecified atom stereocenters. The van der Waals surface area contributed by atoms with E-state index < -0.39 is 17.7 Å². The molecule has 2 aromatic carbocycles. The van der Waals surface area contributed by atoms with Gasteiger partial charge in [-0.15, -0.1) is 0 Å². The van der Waals surface area contributed by atoms with Crippen LogP contribution in [-0.4, -0.2) is 56.2 Å². The van der Waals surface area contributed by atoms with Gasteiger partial charge in [-0.3, -0.25) is 9.59 Å². The third-order valence-electron chi connectivity index (χ3n) is 5.00. The minimum atomic E-state index is -0.878. The van der Waals surface area contributed by atoms with Crippen LogP contribution in [0, 0.1) is 0 Å². The Morgan fingerprint density at radius 3 is 2.39 bits per heavy atom. The molecule has 1 heterocycles. The molecular formula is C22H21Cl2NO6. The maximum absolute atomic E-state index is 13.0. The van der Waals surface area contributed by atoms with Crippen LogP contribution < -0.4 is 9.47 Å². The van der Waals surface area contributed by atoms with Gasteiger partial charge in [0.1, 0.15) is 17.3 Å². The van der Waals surface area contributed by atoms with Crippen molar-refractivity contribution in [1.29, 1.82) is 0 Å². The maximum Gasteiger partial charge on any atom is 0.295 e. The first-order valence-corrected chi connectivity index (χ1v) is 10.0. The SMILES string of the molecule is COCCN1C(=O)C(=O)/C(=C(\O)c2ccc(OC)cc2OC)C1c1ccc(Cl)c(Cl)c1. The van der Waals surface area contributed by atoms with Crippen molar-refractivity contribution in [3.63, 3.8) is 0 Å². The number of aliphatic hydroxyl groups is 1. The van der Waals surface area contributed by atoms with Crippen LogP contribution in [0.15, 0.2) is 42.0 Å². The minimum absolute atomic E-state index is 0.0806. The first-order valence-electron chi connectivity index (χ1n) is 9.28. The minimum Gasteiger partial charge on any atom is -0.507 e. The molecule has 1 saturated heterocycles. The molecule has 0 bridgehead atoms. The second-order valence-electron chi connectivity index (χ2n) is 6.73. The van der Waals surface area contributed by atoms with Gasteiger partial charge < -0.3 is 24.2 Å². The highest BCUT2D eigenvalue weighted by molar-refractivity contribution is 6.47. The zero-order chi connectivity index (χ0) is 22.7. The van der Waals surface area contributed by atoms with E-state index in [1.54, 1.807) is 36.4 Å². The van der Waals surface area contributed by atoms with E-state index in [0.717, 1.165) is 0 Å². The van der Waals surface area contributed by atoms with Crippen molar-refractivity contribution in [2.75, 3.05) is 34.5 Å². The first-order chi connectivity index (χ1) is 14.8. The highest BCUT2D eigenvalue weighted by Crippen LogP contribution is 2.42. The van der Waals surface area contributed by atoms with Crippen LogP contribution in [0.4, 0.5) is 0 Å². The Labute approximate surface area is 189 Å². The summed E-state index contributed by atoms with van der Waals surface area (Å²) in [5.74, 6) is -1.14. The third-order valence-corrected chi connectivity index (χ3v) is 5.74. The summed E-state index contributed by atoms with van der Waals surface area (Å²) in [7, 11) is 4.42. The zero-order valence-corrected chi connectivity index (χ0v) is 18.7. The van der Waals surface area contributed by atoms with Crippen molar-refractivity contribution >= 4 is 40.7 Å². The average molecular weight is 466 g/mol. The van der Waals surface area contributed by atoms with Gasteiger partial charge in [-0.1, -0.05) is 29.3 Å². The number of amides is 1. The second-order valence-corrected chi connectivity index (χ2v) is 7.54. The van der Waals surface area contributed by atoms with E-state index in [0.29, 0.717) is 16.3 Å². The predicted molar refractivity (Wildman–Crippen MR) is 117 cm³/mol. The molecule has 0 aliphatic carbocycles. The number of carbonyl (C=O) groups excluding carboxylic acids is 2. The quantitative estimate of drug-likeness (QED) is 0.376. The summed E-state index contributed by atoms with van der Waals surface area (Å²) in [5.41, 5.74) is 0.694. The van der Waals surface area contributed by atoms with Crippen LogP contribution in [0.3, 0.4) is 0 Å². The van der Waals surface area contributed by atoms with Crippen molar-refractivity contribution in [2.24, 2.45) is 0 Å². The molecule has 3 rings (SSSR count). The number of rotatable bonds is 7. The maximum atomic E-state index is 13.0. The molecule has 164 valence electrons. The number of nitrogens with zero attached hydrogens (tertiary/aromatic N) is 1. The number of ketones is 1. The highest BCUT2D eigenvalue weighted by Gasteiger charge is 2.46. The molecule has 0 saturated carbocycles. The van der Waals surface area contributed by atoms with Gasteiger partial charge in [-0.2, -0.15) is 0 Å². The lowest BCUT2D eigenvalue weighted by Gasteiger charge is -2.25. The van der Waals surface area contributed by atoms with E-state index in [4.69, 9.17) is 37.4 Å². The summed E-state index contributed by atoms with van der Waals surface area (Å²) >= 11 is 12.2. The van der Waals surface area contributed by atoms with E-state index >= 15 is 0 Å². The molecule has 9 heteroatoms. The molecule has 2 aromatic rings. The summed E-state index contributed by atoms with van der Waals surface area (Å²) in [6.07, 6.45) is 0. The largest absolute Gasteiger partial charge is 0.507 e. The molecule has 0 aromatic heterocycles. The molecule has 0 radical (unpaired) electrons. The van der Waals surface area contributed by atoms with Gasteiger partial charge in [0.25, 0.3) is 11.7 Å². The number of Topliss-reactive ketones (excluding diaryl/α,β-unsaturated/α-hetero) is 1. The second kappa shape index (κ2) is 9.60. The van der Waals surface area contributed by atoms with Gasteiger partial charge in [0, 0.05) is 19.7 Å². The molecule has 31 heavy (non-hydrogen) atoms. The fourth-order valence-electron chi connectivity index (χ4n) is 3.47. The van der Waals surface area contributed by atoms with E-state index in [2.05, 4.69) is 0 Å². The molecule has 1 amide bonds. The first kappa shape index (κ1) is 22.9. The van der Waals surface area contributed by atoms with Crippen LogP contribution in [0.1, 0.15) is 17.2 Å². The molecule has 1 atom stereocenters. The Morgan fingerprint density at radius 1 is 1.03 bits per heavy atom. The van der Waals surface area contributed by atoms with Crippen LogP contribution in [0.5, 0.6) is 11.5 Å². The van der Waals surface area contributed by atoms with Crippen molar-refractivity contribution < 1.29 is 28.9 Å². The van der Waals surface area contributed by atoms with Crippen molar-refractivity contribution in [1.82, 2.24) is 4.90 Å². The molecule has 1 N–H and O–H groups in total. The van der Waals surface area contributed by atoms with Crippen molar-refractivity contribution in [3.8, 4) is 11.5 Å². The number of benzene rings is 2. The number of hydrogen-bond acceptors (Lipinski definition) is 6. The van der Waals surface area contributed by atoms with Crippen LogP contribution in [0.25, 0.3) is 5.76 Å². The summed E-state index contributed by atoms with van der Waals surface area (Å²) < 4.78 is 15.6. The monoisotopic (exact) mass is 465 g/mol. The summed E-state index contributed by atoms with van der Waals surface area (Å²) in [4.78, 5) is 27.1. The Morgan fingerprint density at radius 2 is 1.77 bits per heavy atom. The molecule has 0 spiro atoms. The lowest BCUT2D eigenvalue weighted by Crippen LogP contribution is -2.32. The van der Waals surface area contributed by atoms with Crippen LogP contribution >= 0.6 is 23.2 Å². The molecule has 7 nitrogen and oxygen atoms in total. The smallest absolute Gasteiger partial charge is 0.295 e. The highest BCUT2D eigenvalue weighted by atomic mass is 35.5. The van der Waals surface area contributed by atoms with Gasteiger partial charge in [-0.05, 0) is 29.8 Å². The van der Waals surface area contributed by atoms with E-state index in [9.17, 15) is 14.7 Å². The Bertz CT molecular complexity index is 1050. The average Bonchev–Trinajstić information content (AvgIpc) is 3.03. The van der Waals surface area contributed by atoms with Gasteiger partial charge in [0.15, 0.2) is 0 Å². The number of aliphatic hydroxyl groups excluding tert-OH is 1. The fourth-order valence-corrected chi connectivity index (χ4v) is 3.78. The number of hydrogen-bond donors (Lipinski definition) is 1. The number of methoxy groups -OCH3 is 3. The Hall–Kier alpha value is -2.74. The lowest BCUT2D eigenvalue weighted by molar-refractivity contribution is -0.140.